The van der Waals surface area contributed by atoms with Gasteiger partial charge in [-0.2, -0.15) is 8.42 Å². The Kier molecular flexibility index (Phi) is 10.7. The van der Waals surface area contributed by atoms with Crippen molar-refractivity contribution in [3.8, 4) is 5.75 Å². The molecule has 2 rings (SSSR count). The lowest BCUT2D eigenvalue weighted by atomic mass is 10.0. The molecule has 32 heavy (non-hydrogen) atoms. The number of aryl methyl sites for hydroxylation is 1. The molecule has 0 spiro atoms. The van der Waals surface area contributed by atoms with Crippen LogP contribution in [0.1, 0.15) is 61.0 Å². The molecule has 0 aliphatic rings. The molecule has 7 heteroatoms. The molecule has 2 aromatic carbocycles. The molecule has 6 nitrogen and oxygen atoms in total. The van der Waals surface area contributed by atoms with Gasteiger partial charge in [-0.3, -0.25) is 4.79 Å². The zero-order chi connectivity index (χ0) is 23.4. The summed E-state index contributed by atoms with van der Waals surface area (Å²) >= 11 is 0. The molecule has 0 aliphatic carbocycles. The topological polar surface area (TPSA) is 72.9 Å². The van der Waals surface area contributed by atoms with Crippen molar-refractivity contribution in [3.05, 3.63) is 65.2 Å². The zero-order valence-electron chi connectivity index (χ0n) is 19.4. The van der Waals surface area contributed by atoms with Crippen molar-refractivity contribution in [1.29, 1.82) is 0 Å². The first-order valence-corrected chi connectivity index (χ1v) is 12.8. The molecule has 0 heterocycles. The van der Waals surface area contributed by atoms with Crippen molar-refractivity contribution in [2.45, 2.75) is 52.5 Å². The predicted octanol–water partition coefficient (Wildman–Crippen LogP) is 4.83. The second kappa shape index (κ2) is 13.2. The number of amides is 1. The Morgan fingerprint density at radius 1 is 0.969 bits per heavy atom. The van der Waals surface area contributed by atoms with E-state index in [2.05, 4.69) is 6.92 Å². The van der Waals surface area contributed by atoms with Gasteiger partial charge in [0.05, 0.1) is 12.4 Å². The number of methoxy groups -OCH3 is 1. The van der Waals surface area contributed by atoms with Crippen molar-refractivity contribution in [3.63, 3.8) is 0 Å². The maximum atomic E-state index is 13.2. The first-order chi connectivity index (χ1) is 15.4. The third-order valence-corrected chi connectivity index (χ3v) is 6.37. The fourth-order valence-electron chi connectivity index (χ4n) is 3.33. The molecule has 0 unspecified atom stereocenters. The highest BCUT2D eigenvalue weighted by molar-refractivity contribution is 7.87. The number of rotatable bonds is 14. The van der Waals surface area contributed by atoms with Gasteiger partial charge in [0.2, 0.25) is 0 Å². The van der Waals surface area contributed by atoms with Crippen LogP contribution in [0.25, 0.3) is 0 Å². The van der Waals surface area contributed by atoms with Crippen molar-refractivity contribution in [2.24, 2.45) is 0 Å². The maximum Gasteiger partial charge on any atom is 0.308 e. The van der Waals surface area contributed by atoms with Crippen molar-refractivity contribution in [2.75, 3.05) is 26.0 Å². The van der Waals surface area contributed by atoms with Crippen LogP contribution in [0.2, 0.25) is 0 Å². The summed E-state index contributed by atoms with van der Waals surface area (Å²) in [4.78, 5) is 14.9. The van der Waals surface area contributed by atoms with Gasteiger partial charge in [0.15, 0.2) is 0 Å². The van der Waals surface area contributed by atoms with E-state index in [9.17, 15) is 13.2 Å². The van der Waals surface area contributed by atoms with Gasteiger partial charge in [-0.15, -0.1) is 0 Å². The lowest BCUT2D eigenvalue weighted by Gasteiger charge is -2.23. The molecule has 0 aromatic heterocycles. The van der Waals surface area contributed by atoms with E-state index < -0.39 is 10.1 Å². The number of nitrogens with zero attached hydrogens (tertiary/aromatic N) is 1. The van der Waals surface area contributed by atoms with E-state index in [-0.39, 0.29) is 17.4 Å². The van der Waals surface area contributed by atoms with Crippen LogP contribution < -0.4 is 4.18 Å². The van der Waals surface area contributed by atoms with E-state index in [4.69, 9.17) is 8.92 Å². The number of carbonyl (C=O) groups excluding carboxylic acids is 1. The zero-order valence-corrected chi connectivity index (χ0v) is 20.2. The second-order valence-corrected chi connectivity index (χ2v) is 9.66. The Bertz CT molecular complexity index is 941. The Labute approximate surface area is 192 Å². The summed E-state index contributed by atoms with van der Waals surface area (Å²) in [6, 6.07) is 14.6. The molecule has 0 saturated heterocycles. The van der Waals surface area contributed by atoms with Gasteiger partial charge in [-0.25, -0.2) is 0 Å². The Morgan fingerprint density at radius 3 is 2.38 bits per heavy atom. The van der Waals surface area contributed by atoms with Crippen LogP contribution in [-0.2, 0) is 27.8 Å². The van der Waals surface area contributed by atoms with Gasteiger partial charge < -0.3 is 13.8 Å². The summed E-state index contributed by atoms with van der Waals surface area (Å²) in [5.41, 5.74) is 2.65. The largest absolute Gasteiger partial charge is 0.383 e. The van der Waals surface area contributed by atoms with E-state index in [1.165, 1.54) is 31.7 Å². The number of unbranched alkanes of at least 4 members (excludes halogenated alkanes) is 3. The van der Waals surface area contributed by atoms with Gasteiger partial charge in [0.25, 0.3) is 5.91 Å². The number of carbonyl (C=O) groups is 1. The lowest BCUT2D eigenvalue weighted by molar-refractivity contribution is 0.0680. The van der Waals surface area contributed by atoms with E-state index in [1.54, 1.807) is 30.2 Å². The van der Waals surface area contributed by atoms with E-state index in [0.717, 1.165) is 18.4 Å². The molecular formula is C25H35NO5S. The van der Waals surface area contributed by atoms with Crippen LogP contribution in [0.15, 0.2) is 48.5 Å². The summed E-state index contributed by atoms with van der Waals surface area (Å²) in [5.74, 6) is 0.0487. The van der Waals surface area contributed by atoms with Crippen LogP contribution in [0.4, 0.5) is 0 Å². The summed E-state index contributed by atoms with van der Waals surface area (Å²) in [6.45, 7) is 4.88. The van der Waals surface area contributed by atoms with Gasteiger partial charge in [0.1, 0.15) is 5.75 Å². The highest BCUT2D eigenvalue weighted by Gasteiger charge is 2.17. The van der Waals surface area contributed by atoms with Crippen LogP contribution in [0.3, 0.4) is 0 Å². The Hall–Kier alpha value is -2.38. The Balaban J connectivity index is 2.10. The van der Waals surface area contributed by atoms with Crippen LogP contribution in [0.5, 0.6) is 5.75 Å². The first kappa shape index (κ1) is 25.9. The average Bonchev–Trinajstić information content (AvgIpc) is 2.79. The number of ether oxygens (including phenoxy) is 1. The van der Waals surface area contributed by atoms with E-state index >= 15 is 0 Å². The standard InChI is InChI=1S/C25H35NO5S/c1-4-6-7-8-10-21-13-15-23(16-14-21)25(27)26(17-18-30-3)20-22-11-9-12-24(19-22)31-32(28,29)5-2/h9,11-16,19H,4-8,10,17-18,20H2,1-3H3. The summed E-state index contributed by atoms with van der Waals surface area (Å²) in [7, 11) is -2.01. The molecule has 0 radical (unpaired) electrons. The summed E-state index contributed by atoms with van der Waals surface area (Å²) in [6.07, 6.45) is 5.88. The second-order valence-electron chi connectivity index (χ2n) is 7.80. The van der Waals surface area contributed by atoms with Gasteiger partial charge >= 0.3 is 10.1 Å². The number of benzene rings is 2. The van der Waals surface area contributed by atoms with Gasteiger partial charge in [-0.05, 0) is 55.2 Å². The SMILES string of the molecule is CCCCCCc1ccc(C(=O)N(CCOC)Cc2cccc(OS(=O)(=O)CC)c2)cc1. The fraction of sp³-hybridized carbons (Fsp3) is 0.480. The molecule has 0 fully saturated rings. The molecule has 176 valence electrons. The quantitative estimate of drug-likeness (QED) is 0.298. The Morgan fingerprint density at radius 2 is 1.72 bits per heavy atom. The predicted molar refractivity (Wildman–Crippen MR) is 127 cm³/mol. The maximum absolute atomic E-state index is 13.2. The lowest BCUT2D eigenvalue weighted by Crippen LogP contribution is -2.33. The molecule has 0 N–H and O–H groups in total. The normalized spacial score (nSPS) is 11.3. The fourth-order valence-corrected chi connectivity index (χ4v) is 3.84. The van der Waals surface area contributed by atoms with Crippen LogP contribution >= 0.6 is 0 Å². The molecule has 0 bridgehead atoms. The van der Waals surface area contributed by atoms with Crippen LogP contribution in [0, 0.1) is 0 Å². The van der Waals surface area contributed by atoms with Gasteiger partial charge in [-0.1, -0.05) is 50.5 Å². The van der Waals surface area contributed by atoms with Crippen molar-refractivity contribution >= 4 is 16.0 Å². The van der Waals surface area contributed by atoms with E-state index in [0.29, 0.717) is 25.3 Å². The molecule has 0 saturated carbocycles. The monoisotopic (exact) mass is 461 g/mol. The number of hydrogen-bond donors (Lipinski definition) is 0. The molecule has 2 aromatic rings. The number of hydrogen-bond acceptors (Lipinski definition) is 5. The third kappa shape index (κ3) is 8.63. The van der Waals surface area contributed by atoms with Crippen molar-refractivity contribution in [1.82, 2.24) is 4.90 Å². The highest BCUT2D eigenvalue weighted by Crippen LogP contribution is 2.19. The molecule has 0 aliphatic heterocycles. The average molecular weight is 462 g/mol. The molecular weight excluding hydrogens is 426 g/mol. The van der Waals surface area contributed by atoms with Gasteiger partial charge in [0, 0.05) is 25.8 Å². The van der Waals surface area contributed by atoms with Crippen molar-refractivity contribution < 1.29 is 22.1 Å². The van der Waals surface area contributed by atoms with Crippen LogP contribution in [-0.4, -0.2) is 45.2 Å². The summed E-state index contributed by atoms with van der Waals surface area (Å²) < 4.78 is 33.8. The molecule has 0 atom stereocenters. The highest BCUT2D eigenvalue weighted by atomic mass is 32.2. The minimum absolute atomic E-state index is 0.0907. The minimum atomic E-state index is -3.61. The summed E-state index contributed by atoms with van der Waals surface area (Å²) in [5, 5.41) is 0. The first-order valence-electron chi connectivity index (χ1n) is 11.3. The smallest absolute Gasteiger partial charge is 0.308 e. The molecule has 1 amide bonds. The minimum Gasteiger partial charge on any atom is -0.383 e. The third-order valence-electron chi connectivity index (χ3n) is 5.22. The van der Waals surface area contributed by atoms with E-state index in [1.807, 2.05) is 30.3 Å².